The number of hydrogen-bond acceptors (Lipinski definition) is 4. The lowest BCUT2D eigenvalue weighted by Gasteiger charge is -2.31. The first-order valence-corrected chi connectivity index (χ1v) is 10.3. The molecule has 8 heteroatoms. The number of hydrogen-bond donors (Lipinski definition) is 1. The molecule has 0 bridgehead atoms. The van der Waals surface area contributed by atoms with Crippen LogP contribution in [0.25, 0.3) is 0 Å². The number of aryl methyl sites for hydroxylation is 1. The Balaban J connectivity index is 1.83. The van der Waals surface area contributed by atoms with Crippen molar-refractivity contribution in [3.63, 3.8) is 0 Å². The van der Waals surface area contributed by atoms with E-state index < -0.39 is 10.0 Å². The Kier molecular flexibility index (Phi) is 5.05. The highest BCUT2D eigenvalue weighted by Crippen LogP contribution is 2.24. The second-order valence-corrected chi connectivity index (χ2v) is 8.35. The summed E-state index contributed by atoms with van der Waals surface area (Å²) < 4.78 is 27.4. The van der Waals surface area contributed by atoms with E-state index in [1.165, 1.54) is 0 Å². The summed E-state index contributed by atoms with van der Waals surface area (Å²) in [5.74, 6) is 0.0321. The number of nitrogens with one attached hydrogen (secondary N) is 1. The zero-order chi connectivity index (χ0) is 17.2. The van der Waals surface area contributed by atoms with Gasteiger partial charge in [-0.05, 0) is 38.2 Å². The number of carbonyl (C=O) groups is 1. The van der Waals surface area contributed by atoms with Crippen LogP contribution in [0.5, 0.6) is 0 Å². The summed E-state index contributed by atoms with van der Waals surface area (Å²) in [6.45, 7) is 1.39. The van der Waals surface area contributed by atoms with E-state index in [1.807, 2.05) is 21.7 Å². The van der Waals surface area contributed by atoms with Gasteiger partial charge < -0.3 is 4.90 Å². The molecule has 1 amide bonds. The third-order valence-corrected chi connectivity index (χ3v) is 5.35. The molecule has 7 nitrogen and oxygen atoms in total. The molecule has 24 heavy (non-hydrogen) atoms. The van der Waals surface area contributed by atoms with Crippen molar-refractivity contribution in [3.05, 3.63) is 29.6 Å². The summed E-state index contributed by atoms with van der Waals surface area (Å²) >= 11 is 0. The third-order valence-electron chi connectivity index (χ3n) is 4.66. The molecule has 0 spiro atoms. The number of nitrogens with zero attached hydrogens (tertiary/aromatic N) is 3. The fourth-order valence-corrected chi connectivity index (χ4v) is 3.84. The molecular formula is C16H24N4O3S. The zero-order valence-electron chi connectivity index (χ0n) is 13.9. The first-order chi connectivity index (χ1) is 11.4. The standard InChI is InChI=1S/C16H24N4O3S/c1-24(22,23)18-11-14-8-10-20-15(7-9-17-20)12-19(14)16(21)13-5-3-2-4-6-13/h5,7,9,14,18H,2-4,6,8,10-12H2,1H3/t14-/m0/s1. The van der Waals surface area contributed by atoms with Crippen LogP contribution in [0.2, 0.25) is 0 Å². The summed E-state index contributed by atoms with van der Waals surface area (Å²) in [6.07, 6.45) is 9.51. The average molecular weight is 352 g/mol. The first-order valence-electron chi connectivity index (χ1n) is 8.39. The maximum absolute atomic E-state index is 13.0. The van der Waals surface area contributed by atoms with Crippen LogP contribution >= 0.6 is 0 Å². The lowest BCUT2D eigenvalue weighted by Crippen LogP contribution is -2.46. The van der Waals surface area contributed by atoms with Crippen LogP contribution in [-0.4, -0.2) is 47.8 Å². The Labute approximate surface area is 142 Å². The van der Waals surface area contributed by atoms with Crippen LogP contribution in [0.3, 0.4) is 0 Å². The maximum atomic E-state index is 13.0. The van der Waals surface area contributed by atoms with Gasteiger partial charge in [0.2, 0.25) is 15.9 Å². The minimum atomic E-state index is -3.29. The van der Waals surface area contributed by atoms with Gasteiger partial charge in [0.05, 0.1) is 18.5 Å². The third kappa shape index (κ3) is 4.05. The van der Waals surface area contributed by atoms with Crippen molar-refractivity contribution in [1.82, 2.24) is 19.4 Å². The highest BCUT2D eigenvalue weighted by atomic mass is 32.2. The molecule has 0 unspecified atom stereocenters. The molecular weight excluding hydrogens is 328 g/mol. The maximum Gasteiger partial charge on any atom is 0.250 e. The highest BCUT2D eigenvalue weighted by Gasteiger charge is 2.30. The van der Waals surface area contributed by atoms with Crippen molar-refractivity contribution in [3.8, 4) is 0 Å². The molecule has 0 fully saturated rings. The molecule has 0 radical (unpaired) electrons. The first kappa shape index (κ1) is 17.2. The second-order valence-electron chi connectivity index (χ2n) is 6.52. The van der Waals surface area contributed by atoms with Crippen molar-refractivity contribution in [1.29, 1.82) is 0 Å². The Morgan fingerprint density at radius 2 is 2.25 bits per heavy atom. The van der Waals surface area contributed by atoms with Gasteiger partial charge in [-0.25, -0.2) is 13.1 Å². The number of fused-ring (bicyclic) bond motifs is 1. The number of amides is 1. The normalized spacial score (nSPS) is 21.8. The van der Waals surface area contributed by atoms with Crippen molar-refractivity contribution in [2.45, 2.75) is 51.2 Å². The van der Waals surface area contributed by atoms with Gasteiger partial charge in [0.25, 0.3) is 0 Å². The molecule has 1 aromatic heterocycles. The Hall–Kier alpha value is -1.67. The number of rotatable bonds is 4. The molecule has 0 aromatic carbocycles. The number of aromatic nitrogens is 2. The predicted octanol–water partition coefficient (Wildman–Crippen LogP) is 1.03. The van der Waals surface area contributed by atoms with E-state index >= 15 is 0 Å². The van der Waals surface area contributed by atoms with Crippen molar-refractivity contribution >= 4 is 15.9 Å². The van der Waals surface area contributed by atoms with Crippen LogP contribution in [-0.2, 0) is 27.9 Å². The molecule has 2 heterocycles. The number of allylic oxidation sites excluding steroid dienone is 1. The molecule has 2 aliphatic rings. The fourth-order valence-electron chi connectivity index (χ4n) is 3.34. The predicted molar refractivity (Wildman–Crippen MR) is 90.6 cm³/mol. The Bertz CT molecular complexity index is 738. The van der Waals surface area contributed by atoms with Gasteiger partial charge in [0.1, 0.15) is 0 Å². The lowest BCUT2D eigenvalue weighted by atomic mass is 9.97. The van der Waals surface area contributed by atoms with Crippen molar-refractivity contribution < 1.29 is 13.2 Å². The Morgan fingerprint density at radius 1 is 1.42 bits per heavy atom. The molecule has 132 valence electrons. The minimum absolute atomic E-state index is 0.0321. The zero-order valence-corrected chi connectivity index (χ0v) is 14.8. The topological polar surface area (TPSA) is 84.3 Å². The van der Waals surface area contributed by atoms with Crippen LogP contribution in [0.15, 0.2) is 23.9 Å². The quantitative estimate of drug-likeness (QED) is 0.877. The van der Waals surface area contributed by atoms with E-state index in [2.05, 4.69) is 9.82 Å². The fraction of sp³-hybridized carbons (Fsp3) is 0.625. The lowest BCUT2D eigenvalue weighted by molar-refractivity contribution is -0.130. The number of carbonyl (C=O) groups excluding carboxylic acids is 1. The summed E-state index contributed by atoms with van der Waals surface area (Å²) in [6, 6.07) is 1.75. The van der Waals surface area contributed by atoms with E-state index in [9.17, 15) is 13.2 Å². The molecule has 1 atom stereocenters. The largest absolute Gasteiger partial charge is 0.329 e. The molecule has 1 aliphatic carbocycles. The molecule has 1 N–H and O–H groups in total. The summed E-state index contributed by atoms with van der Waals surface area (Å²) in [4.78, 5) is 14.8. The average Bonchev–Trinajstić information content (AvgIpc) is 2.92. The van der Waals surface area contributed by atoms with Crippen molar-refractivity contribution in [2.75, 3.05) is 12.8 Å². The van der Waals surface area contributed by atoms with Crippen LogP contribution in [0.1, 0.15) is 37.8 Å². The number of sulfonamides is 1. The van der Waals surface area contributed by atoms with E-state index in [0.717, 1.165) is 43.2 Å². The van der Waals surface area contributed by atoms with Crippen LogP contribution in [0.4, 0.5) is 0 Å². The minimum Gasteiger partial charge on any atom is -0.329 e. The Morgan fingerprint density at radius 3 is 2.96 bits per heavy atom. The van der Waals surface area contributed by atoms with E-state index in [1.54, 1.807) is 6.20 Å². The van der Waals surface area contributed by atoms with Gasteiger partial charge in [0.15, 0.2) is 0 Å². The summed E-state index contributed by atoms with van der Waals surface area (Å²) in [5.41, 5.74) is 1.85. The van der Waals surface area contributed by atoms with Gasteiger partial charge in [0, 0.05) is 30.9 Å². The van der Waals surface area contributed by atoms with E-state index in [-0.39, 0.29) is 18.5 Å². The van der Waals surface area contributed by atoms with E-state index in [4.69, 9.17) is 0 Å². The van der Waals surface area contributed by atoms with Gasteiger partial charge >= 0.3 is 0 Å². The SMILES string of the molecule is CS(=O)(=O)NC[C@@H]1CCn2nccc2CN1C(=O)C1=CCCCC1. The van der Waals surface area contributed by atoms with Crippen molar-refractivity contribution in [2.24, 2.45) is 0 Å². The second kappa shape index (κ2) is 7.06. The van der Waals surface area contributed by atoms with Crippen LogP contribution < -0.4 is 4.72 Å². The van der Waals surface area contributed by atoms with E-state index in [0.29, 0.717) is 19.5 Å². The molecule has 3 rings (SSSR count). The molecule has 0 saturated carbocycles. The summed E-state index contributed by atoms with van der Waals surface area (Å²) in [7, 11) is -3.29. The monoisotopic (exact) mass is 352 g/mol. The smallest absolute Gasteiger partial charge is 0.250 e. The van der Waals surface area contributed by atoms with Gasteiger partial charge in [-0.2, -0.15) is 5.10 Å². The molecule has 1 aliphatic heterocycles. The summed E-state index contributed by atoms with van der Waals surface area (Å²) in [5, 5.41) is 4.29. The molecule has 0 saturated heterocycles. The van der Waals surface area contributed by atoms with Gasteiger partial charge in [-0.3, -0.25) is 9.48 Å². The van der Waals surface area contributed by atoms with Gasteiger partial charge in [-0.1, -0.05) is 6.08 Å². The highest BCUT2D eigenvalue weighted by molar-refractivity contribution is 7.88. The van der Waals surface area contributed by atoms with Crippen LogP contribution in [0, 0.1) is 0 Å². The van der Waals surface area contributed by atoms with Gasteiger partial charge in [-0.15, -0.1) is 0 Å². The molecule has 1 aromatic rings.